The summed E-state index contributed by atoms with van der Waals surface area (Å²) in [7, 11) is 2.89. The molecule has 0 N–H and O–H groups in total. The van der Waals surface area contributed by atoms with Gasteiger partial charge in [-0.15, -0.1) is 0 Å². The third kappa shape index (κ3) is 3.11. The van der Waals surface area contributed by atoms with E-state index in [1.54, 1.807) is 11.7 Å². The van der Waals surface area contributed by atoms with E-state index < -0.39 is 5.97 Å². The zero-order valence-corrected chi connectivity index (χ0v) is 15.6. The molecule has 0 radical (unpaired) electrons. The number of carbonyl (C=O) groups is 1. The van der Waals surface area contributed by atoms with Crippen LogP contribution in [0.5, 0.6) is 5.75 Å². The van der Waals surface area contributed by atoms with Gasteiger partial charge in [-0.1, -0.05) is 30.3 Å². The maximum absolute atomic E-state index is 12.7. The van der Waals surface area contributed by atoms with E-state index in [0.29, 0.717) is 19.0 Å². The van der Waals surface area contributed by atoms with Crippen molar-refractivity contribution in [2.75, 3.05) is 19.1 Å². The van der Waals surface area contributed by atoms with Crippen molar-refractivity contribution >= 4 is 17.6 Å². The molecule has 0 spiro atoms. The van der Waals surface area contributed by atoms with Gasteiger partial charge in [-0.3, -0.25) is 9.36 Å². The third-order valence-corrected chi connectivity index (χ3v) is 4.73. The molecule has 4 rings (SSSR count). The Morgan fingerprint density at radius 2 is 1.86 bits per heavy atom. The molecule has 0 aliphatic carbocycles. The Morgan fingerprint density at radius 1 is 1.11 bits per heavy atom. The number of hydrogen-bond donors (Lipinski definition) is 0. The van der Waals surface area contributed by atoms with Crippen LogP contribution < -0.4 is 15.2 Å². The van der Waals surface area contributed by atoms with E-state index in [2.05, 4.69) is 4.98 Å². The van der Waals surface area contributed by atoms with Gasteiger partial charge in [0.05, 0.1) is 27.3 Å². The van der Waals surface area contributed by atoms with Crippen molar-refractivity contribution < 1.29 is 14.3 Å². The minimum atomic E-state index is -0.635. The van der Waals surface area contributed by atoms with Crippen molar-refractivity contribution in [3.63, 3.8) is 0 Å². The lowest BCUT2D eigenvalue weighted by molar-refractivity contribution is 0.0593. The topological polar surface area (TPSA) is 73.7 Å². The number of hydrogen-bond acceptors (Lipinski definition) is 6. The van der Waals surface area contributed by atoms with Crippen molar-refractivity contribution in [3.8, 4) is 5.75 Å². The standard InChI is InChI=1S/C21H19N3O4/c1-27-16-9-7-14(8-10-16)12-23-18-6-4-3-5-15(18)13-24-19(25)11-17(20(26)28-2)22-21(23)24/h3-11H,12-13H2,1-2H3. The monoisotopic (exact) mass is 377 g/mol. The zero-order valence-electron chi connectivity index (χ0n) is 15.6. The van der Waals surface area contributed by atoms with Gasteiger partial charge < -0.3 is 14.4 Å². The lowest BCUT2D eigenvalue weighted by atomic mass is 10.1. The quantitative estimate of drug-likeness (QED) is 0.651. The Bertz CT molecular complexity index is 1090. The molecule has 7 nitrogen and oxygen atoms in total. The van der Waals surface area contributed by atoms with E-state index in [-0.39, 0.29) is 11.3 Å². The van der Waals surface area contributed by atoms with E-state index >= 15 is 0 Å². The highest BCUT2D eigenvalue weighted by molar-refractivity contribution is 5.87. The highest BCUT2D eigenvalue weighted by atomic mass is 16.5. The highest BCUT2D eigenvalue weighted by Crippen LogP contribution is 2.34. The lowest BCUT2D eigenvalue weighted by Gasteiger charge is -2.33. The first-order chi connectivity index (χ1) is 13.6. The Balaban J connectivity index is 1.83. The molecule has 0 saturated carbocycles. The summed E-state index contributed by atoms with van der Waals surface area (Å²) in [6, 6.07) is 16.8. The first-order valence-electron chi connectivity index (χ1n) is 8.79. The van der Waals surface area contributed by atoms with Crippen LogP contribution >= 0.6 is 0 Å². The predicted octanol–water partition coefficient (Wildman–Crippen LogP) is 2.74. The normalized spacial score (nSPS) is 12.1. The number of fused-ring (bicyclic) bond motifs is 2. The van der Waals surface area contributed by atoms with E-state index in [1.807, 2.05) is 53.4 Å². The molecule has 0 bridgehead atoms. The molecular formula is C21H19N3O4. The van der Waals surface area contributed by atoms with Crippen LogP contribution in [0, 0.1) is 0 Å². The molecule has 1 aromatic heterocycles. The molecular weight excluding hydrogens is 358 g/mol. The summed E-state index contributed by atoms with van der Waals surface area (Å²) in [5.41, 5.74) is 2.68. The average molecular weight is 377 g/mol. The fourth-order valence-electron chi connectivity index (χ4n) is 3.31. The van der Waals surface area contributed by atoms with Gasteiger partial charge in [0.25, 0.3) is 5.56 Å². The molecule has 3 aromatic rings. The SMILES string of the molecule is COC(=O)c1cc(=O)n2c(n1)N(Cc1ccc(OC)cc1)c1ccccc1C2. The summed E-state index contributed by atoms with van der Waals surface area (Å²) in [5, 5.41) is 0. The number of anilines is 2. The van der Waals surface area contributed by atoms with Crippen LogP contribution in [0.25, 0.3) is 0 Å². The maximum Gasteiger partial charge on any atom is 0.357 e. The second-order valence-corrected chi connectivity index (χ2v) is 6.42. The Hall–Kier alpha value is -3.61. The van der Waals surface area contributed by atoms with Crippen molar-refractivity contribution in [3.05, 3.63) is 81.8 Å². The molecule has 28 heavy (non-hydrogen) atoms. The first-order valence-corrected chi connectivity index (χ1v) is 8.79. The van der Waals surface area contributed by atoms with Gasteiger partial charge in [0.1, 0.15) is 5.75 Å². The second-order valence-electron chi connectivity index (χ2n) is 6.42. The molecule has 2 aromatic carbocycles. The van der Waals surface area contributed by atoms with Gasteiger partial charge in [-0.05, 0) is 29.3 Å². The van der Waals surface area contributed by atoms with E-state index in [9.17, 15) is 9.59 Å². The van der Waals surface area contributed by atoms with Crippen molar-refractivity contribution in [1.82, 2.24) is 9.55 Å². The summed E-state index contributed by atoms with van der Waals surface area (Å²) in [4.78, 5) is 31.0. The van der Waals surface area contributed by atoms with Gasteiger partial charge in [-0.2, -0.15) is 0 Å². The van der Waals surface area contributed by atoms with Crippen LogP contribution in [0.2, 0.25) is 0 Å². The number of nitrogens with zero attached hydrogens (tertiary/aromatic N) is 3. The summed E-state index contributed by atoms with van der Waals surface area (Å²) in [5.74, 6) is 0.552. The minimum Gasteiger partial charge on any atom is -0.497 e. The van der Waals surface area contributed by atoms with Crippen molar-refractivity contribution in [2.24, 2.45) is 0 Å². The van der Waals surface area contributed by atoms with Crippen LogP contribution in [-0.2, 0) is 17.8 Å². The number of rotatable bonds is 4. The molecule has 0 unspecified atom stereocenters. The third-order valence-electron chi connectivity index (χ3n) is 4.73. The second kappa shape index (κ2) is 7.19. The molecule has 2 heterocycles. The fourth-order valence-corrected chi connectivity index (χ4v) is 3.31. The average Bonchev–Trinajstić information content (AvgIpc) is 2.74. The van der Waals surface area contributed by atoms with Gasteiger partial charge in [0, 0.05) is 11.8 Å². The van der Waals surface area contributed by atoms with Crippen LogP contribution in [0.15, 0.2) is 59.4 Å². The van der Waals surface area contributed by atoms with Crippen molar-refractivity contribution in [1.29, 1.82) is 0 Å². The van der Waals surface area contributed by atoms with Gasteiger partial charge in [0.15, 0.2) is 5.69 Å². The van der Waals surface area contributed by atoms with Gasteiger partial charge in [-0.25, -0.2) is 9.78 Å². The van der Waals surface area contributed by atoms with E-state index in [1.165, 1.54) is 13.2 Å². The number of esters is 1. The maximum atomic E-state index is 12.7. The smallest absolute Gasteiger partial charge is 0.357 e. The molecule has 0 atom stereocenters. The van der Waals surface area contributed by atoms with Crippen LogP contribution in [0.1, 0.15) is 21.6 Å². The summed E-state index contributed by atoms with van der Waals surface area (Å²) >= 11 is 0. The van der Waals surface area contributed by atoms with Gasteiger partial charge >= 0.3 is 5.97 Å². The molecule has 142 valence electrons. The number of aromatic nitrogens is 2. The summed E-state index contributed by atoms with van der Waals surface area (Å²) < 4.78 is 11.5. The molecule has 1 aliphatic heterocycles. The lowest BCUT2D eigenvalue weighted by Crippen LogP contribution is -2.35. The highest BCUT2D eigenvalue weighted by Gasteiger charge is 2.26. The van der Waals surface area contributed by atoms with E-state index in [0.717, 1.165) is 22.6 Å². The predicted molar refractivity (Wildman–Crippen MR) is 104 cm³/mol. The molecule has 0 amide bonds. The van der Waals surface area contributed by atoms with Crippen LogP contribution in [-0.4, -0.2) is 29.7 Å². The zero-order chi connectivity index (χ0) is 19.7. The number of carbonyl (C=O) groups excluding carboxylic acids is 1. The Labute approximate surface area is 161 Å². The Morgan fingerprint density at radius 3 is 2.57 bits per heavy atom. The molecule has 0 saturated heterocycles. The number of para-hydroxylation sites is 1. The Kier molecular flexibility index (Phi) is 4.57. The number of ether oxygens (including phenoxy) is 2. The summed E-state index contributed by atoms with van der Waals surface area (Å²) in [6.07, 6.45) is 0. The van der Waals surface area contributed by atoms with Gasteiger partial charge in [0.2, 0.25) is 5.95 Å². The first kappa shape index (κ1) is 17.8. The fraction of sp³-hybridized carbons (Fsp3) is 0.190. The van der Waals surface area contributed by atoms with Crippen LogP contribution in [0.3, 0.4) is 0 Å². The molecule has 1 aliphatic rings. The number of methoxy groups -OCH3 is 2. The molecule has 0 fully saturated rings. The van der Waals surface area contributed by atoms with Crippen molar-refractivity contribution in [2.45, 2.75) is 13.1 Å². The molecule has 7 heteroatoms. The van der Waals surface area contributed by atoms with Crippen LogP contribution in [0.4, 0.5) is 11.6 Å². The number of benzene rings is 2. The largest absolute Gasteiger partial charge is 0.497 e. The van der Waals surface area contributed by atoms with E-state index in [4.69, 9.17) is 9.47 Å². The summed E-state index contributed by atoms with van der Waals surface area (Å²) in [6.45, 7) is 0.885. The minimum absolute atomic E-state index is 0.00198.